The van der Waals surface area contributed by atoms with Gasteiger partial charge in [-0.05, 0) is 77.2 Å². The van der Waals surface area contributed by atoms with Crippen LogP contribution in [0.4, 0.5) is 0 Å². The fourth-order valence-electron chi connectivity index (χ4n) is 5.84. The summed E-state index contributed by atoms with van der Waals surface area (Å²) in [5.41, 5.74) is 0.456. The van der Waals surface area contributed by atoms with Crippen molar-refractivity contribution in [1.82, 2.24) is 20.7 Å². The summed E-state index contributed by atoms with van der Waals surface area (Å²) in [6.45, 7) is 1.26. The number of piperidine rings is 1. The molecular formula is C22H34N4O2. The third-order valence-corrected chi connectivity index (χ3v) is 7.68. The zero-order chi connectivity index (χ0) is 19.1. The predicted molar refractivity (Wildman–Crippen MR) is 107 cm³/mol. The summed E-state index contributed by atoms with van der Waals surface area (Å²) in [7, 11) is 2.09. The first-order valence-electron chi connectivity index (χ1n) is 11.4. The molecule has 28 heavy (non-hydrogen) atoms. The van der Waals surface area contributed by atoms with E-state index in [0.717, 1.165) is 43.4 Å². The van der Waals surface area contributed by atoms with Crippen LogP contribution in [0.1, 0.15) is 86.4 Å². The number of amides is 1. The van der Waals surface area contributed by atoms with Gasteiger partial charge in [-0.2, -0.15) is 0 Å². The van der Waals surface area contributed by atoms with Crippen LogP contribution in [-0.4, -0.2) is 53.7 Å². The second-order valence-electron chi connectivity index (χ2n) is 9.62. The molecule has 6 nitrogen and oxygen atoms in total. The molecule has 3 heterocycles. The second kappa shape index (κ2) is 7.79. The first kappa shape index (κ1) is 18.6. The summed E-state index contributed by atoms with van der Waals surface area (Å²) in [4.78, 5) is 15.4. The van der Waals surface area contributed by atoms with Crippen LogP contribution in [0.15, 0.2) is 10.6 Å². The predicted octanol–water partition coefficient (Wildman–Crippen LogP) is 3.06. The van der Waals surface area contributed by atoms with Gasteiger partial charge in [0.2, 0.25) is 0 Å². The molecule has 0 unspecified atom stereocenters. The molecule has 0 spiro atoms. The summed E-state index contributed by atoms with van der Waals surface area (Å²) >= 11 is 0. The van der Waals surface area contributed by atoms with Crippen LogP contribution in [0.2, 0.25) is 0 Å². The van der Waals surface area contributed by atoms with Crippen LogP contribution >= 0.6 is 0 Å². The molecule has 154 valence electrons. The van der Waals surface area contributed by atoms with Crippen molar-refractivity contribution in [1.29, 1.82) is 0 Å². The molecule has 0 radical (unpaired) electrons. The molecule has 2 bridgehead atoms. The Bertz CT molecular complexity index is 678. The van der Waals surface area contributed by atoms with E-state index in [-0.39, 0.29) is 11.9 Å². The summed E-state index contributed by atoms with van der Waals surface area (Å²) < 4.78 is 5.35. The molecule has 2 saturated heterocycles. The lowest BCUT2D eigenvalue weighted by molar-refractivity contribution is 0.0745. The third kappa shape index (κ3) is 3.86. The Kier molecular flexibility index (Phi) is 5.18. The molecule has 1 aromatic rings. The van der Waals surface area contributed by atoms with Crippen molar-refractivity contribution >= 4 is 5.91 Å². The van der Waals surface area contributed by atoms with E-state index in [0.29, 0.717) is 23.7 Å². The molecule has 2 aliphatic carbocycles. The topological polar surface area (TPSA) is 70.4 Å². The number of aromatic nitrogens is 1. The van der Waals surface area contributed by atoms with Gasteiger partial charge in [-0.25, -0.2) is 0 Å². The van der Waals surface area contributed by atoms with Crippen LogP contribution in [0.3, 0.4) is 0 Å². The van der Waals surface area contributed by atoms with Gasteiger partial charge in [-0.15, -0.1) is 0 Å². The van der Waals surface area contributed by atoms with E-state index in [1.165, 1.54) is 45.1 Å². The Labute approximate surface area is 167 Å². The van der Waals surface area contributed by atoms with E-state index in [1.807, 2.05) is 6.07 Å². The van der Waals surface area contributed by atoms with Crippen LogP contribution in [0.25, 0.3) is 0 Å². The highest BCUT2D eigenvalue weighted by molar-refractivity contribution is 5.92. The molecule has 5 rings (SSSR count). The van der Waals surface area contributed by atoms with Crippen molar-refractivity contribution in [3.63, 3.8) is 0 Å². The Morgan fingerprint density at radius 3 is 2.43 bits per heavy atom. The molecule has 4 aliphatic rings. The summed E-state index contributed by atoms with van der Waals surface area (Å²) in [5, 5.41) is 10.7. The number of nitrogens with zero attached hydrogens (tertiary/aromatic N) is 2. The molecule has 2 aliphatic heterocycles. The average molecular weight is 387 g/mol. The first-order chi connectivity index (χ1) is 13.7. The van der Waals surface area contributed by atoms with Gasteiger partial charge in [0.05, 0.1) is 0 Å². The number of carbonyl (C=O) groups excluding carboxylic acids is 1. The second-order valence-corrected chi connectivity index (χ2v) is 9.62. The molecule has 1 aromatic heterocycles. The van der Waals surface area contributed by atoms with Crippen LogP contribution in [0.5, 0.6) is 0 Å². The number of hydrogen-bond acceptors (Lipinski definition) is 5. The zero-order valence-electron chi connectivity index (χ0n) is 17.0. The zero-order valence-corrected chi connectivity index (χ0v) is 17.0. The summed E-state index contributed by atoms with van der Waals surface area (Å²) in [6, 6.07) is 4.14. The monoisotopic (exact) mass is 386 g/mol. The van der Waals surface area contributed by atoms with Gasteiger partial charge >= 0.3 is 0 Å². The smallest absolute Gasteiger partial charge is 0.273 e. The van der Waals surface area contributed by atoms with Crippen LogP contribution < -0.4 is 10.6 Å². The lowest BCUT2D eigenvalue weighted by atomic mass is 9.84. The Balaban J connectivity index is 1.13. The van der Waals surface area contributed by atoms with E-state index in [2.05, 4.69) is 27.7 Å². The van der Waals surface area contributed by atoms with Gasteiger partial charge in [-0.3, -0.25) is 9.69 Å². The Morgan fingerprint density at radius 2 is 1.79 bits per heavy atom. The first-order valence-corrected chi connectivity index (χ1v) is 11.4. The van der Waals surface area contributed by atoms with Crippen molar-refractivity contribution < 1.29 is 9.32 Å². The van der Waals surface area contributed by atoms with Gasteiger partial charge in [-0.1, -0.05) is 5.16 Å². The minimum absolute atomic E-state index is 0.0566. The van der Waals surface area contributed by atoms with E-state index >= 15 is 0 Å². The number of carbonyl (C=O) groups is 1. The highest BCUT2D eigenvalue weighted by Crippen LogP contribution is 2.40. The fraction of sp³-hybridized carbons (Fsp3) is 0.818. The van der Waals surface area contributed by atoms with Crippen molar-refractivity contribution in [2.45, 2.75) is 94.3 Å². The minimum Gasteiger partial charge on any atom is -0.360 e. The molecule has 2 saturated carbocycles. The molecule has 1 amide bonds. The van der Waals surface area contributed by atoms with Gasteiger partial charge in [0, 0.05) is 42.7 Å². The highest BCUT2D eigenvalue weighted by atomic mass is 16.5. The third-order valence-electron chi connectivity index (χ3n) is 7.68. The van der Waals surface area contributed by atoms with Crippen molar-refractivity contribution in [3.05, 3.63) is 17.5 Å². The SMILES string of the molecule is CN[C@H]1CC[C@H](CN2[C@@H]3CC[C@H]2C[C@@H](NC(=O)c2cc(C4CC4)on2)C3)CC1. The van der Waals surface area contributed by atoms with Crippen molar-refractivity contribution in [3.8, 4) is 0 Å². The van der Waals surface area contributed by atoms with Crippen molar-refractivity contribution in [2.24, 2.45) is 5.92 Å². The maximum atomic E-state index is 12.6. The van der Waals surface area contributed by atoms with Crippen LogP contribution in [-0.2, 0) is 0 Å². The Morgan fingerprint density at radius 1 is 1.07 bits per heavy atom. The molecule has 0 aromatic carbocycles. The molecule has 4 fully saturated rings. The number of hydrogen-bond donors (Lipinski definition) is 2. The van der Waals surface area contributed by atoms with E-state index < -0.39 is 0 Å². The van der Waals surface area contributed by atoms with E-state index in [4.69, 9.17) is 4.52 Å². The highest BCUT2D eigenvalue weighted by Gasteiger charge is 2.42. The lowest BCUT2D eigenvalue weighted by Gasteiger charge is -2.42. The normalized spacial score (nSPS) is 35.8. The van der Waals surface area contributed by atoms with Crippen molar-refractivity contribution in [2.75, 3.05) is 13.6 Å². The molecule has 3 atom stereocenters. The molecule has 6 heteroatoms. The number of fused-ring (bicyclic) bond motifs is 2. The maximum Gasteiger partial charge on any atom is 0.273 e. The summed E-state index contributed by atoms with van der Waals surface area (Å²) in [6.07, 6.45) is 12.4. The van der Waals surface area contributed by atoms with Gasteiger partial charge in [0.1, 0.15) is 5.76 Å². The van der Waals surface area contributed by atoms with E-state index in [9.17, 15) is 4.79 Å². The van der Waals surface area contributed by atoms with Gasteiger partial charge in [0.15, 0.2) is 5.69 Å². The number of nitrogens with one attached hydrogen (secondary N) is 2. The molecular weight excluding hydrogens is 352 g/mol. The fourth-order valence-corrected chi connectivity index (χ4v) is 5.84. The van der Waals surface area contributed by atoms with Gasteiger partial charge in [0.25, 0.3) is 5.91 Å². The summed E-state index contributed by atoms with van der Waals surface area (Å²) in [5.74, 6) is 2.18. The molecule has 2 N–H and O–H groups in total. The quantitative estimate of drug-likeness (QED) is 0.786. The van der Waals surface area contributed by atoms with Gasteiger partial charge < -0.3 is 15.2 Å². The Hall–Kier alpha value is -1.40. The lowest BCUT2D eigenvalue weighted by Crippen LogP contribution is -2.51. The number of rotatable bonds is 6. The largest absolute Gasteiger partial charge is 0.360 e. The average Bonchev–Trinajstić information content (AvgIpc) is 3.39. The van der Waals surface area contributed by atoms with Crippen LogP contribution in [0, 0.1) is 5.92 Å². The standard InChI is InChI=1S/C22H34N4O2/c1-23-16-6-2-14(3-7-16)13-26-18-8-9-19(26)11-17(10-18)24-22(27)20-12-21(28-25-20)15-4-5-15/h12,14-19,23H,2-11,13H2,1H3,(H,24,27)/t14-,16-,17-,18+,19-. The van der Waals surface area contributed by atoms with E-state index in [1.54, 1.807) is 0 Å². The maximum absolute atomic E-state index is 12.6. The minimum atomic E-state index is -0.0566.